The van der Waals surface area contributed by atoms with Crippen molar-refractivity contribution in [3.8, 4) is 0 Å². The van der Waals surface area contributed by atoms with Crippen LogP contribution in [0.1, 0.15) is 39.0 Å². The molecule has 3 heterocycles. The number of aliphatic hydroxyl groups excluding tert-OH is 1. The third kappa shape index (κ3) is 1.65. The van der Waals surface area contributed by atoms with Crippen molar-refractivity contribution in [2.45, 2.75) is 56.7 Å². The number of aliphatic hydroxyl groups is 1. The number of hydrogen-bond acceptors (Lipinski definition) is 5. The van der Waals surface area contributed by atoms with Crippen molar-refractivity contribution in [3.05, 3.63) is 0 Å². The van der Waals surface area contributed by atoms with E-state index in [1.807, 2.05) is 6.92 Å². The van der Waals surface area contributed by atoms with Crippen LogP contribution >= 0.6 is 0 Å². The molecule has 3 aliphatic heterocycles. The predicted octanol–water partition coefficient (Wildman–Crippen LogP) is 1.59. The van der Waals surface area contributed by atoms with E-state index in [-0.39, 0.29) is 12.5 Å². The lowest BCUT2D eigenvalue weighted by atomic mass is 9.71. The first-order valence-corrected chi connectivity index (χ1v) is 6.83. The van der Waals surface area contributed by atoms with Crippen molar-refractivity contribution >= 4 is 0 Å². The minimum atomic E-state index is -0.905. The molecule has 1 aliphatic carbocycles. The molecule has 4 fully saturated rings. The normalized spacial score (nSPS) is 51.8. The Labute approximate surface area is 107 Å². The molecule has 4 rings (SSSR count). The highest BCUT2D eigenvalue weighted by Crippen LogP contribution is 2.53. The summed E-state index contributed by atoms with van der Waals surface area (Å²) in [6.45, 7) is 1.87. The van der Waals surface area contributed by atoms with Gasteiger partial charge in [-0.1, -0.05) is 12.8 Å². The summed E-state index contributed by atoms with van der Waals surface area (Å²) >= 11 is 0. The fourth-order valence-corrected chi connectivity index (χ4v) is 3.72. The molecule has 0 aromatic rings. The number of ether oxygens (including phenoxy) is 2. The molecule has 18 heavy (non-hydrogen) atoms. The first-order chi connectivity index (χ1) is 8.64. The smallest absolute Gasteiger partial charge is 0.206 e. The Morgan fingerprint density at radius 1 is 1.33 bits per heavy atom. The minimum absolute atomic E-state index is 0.0445. The van der Waals surface area contributed by atoms with Crippen LogP contribution in [-0.4, -0.2) is 36.5 Å². The second-order valence-electron chi connectivity index (χ2n) is 5.88. The van der Waals surface area contributed by atoms with Gasteiger partial charge in [-0.2, -0.15) is 0 Å². The third-order valence-corrected chi connectivity index (χ3v) is 4.91. The zero-order valence-corrected chi connectivity index (χ0v) is 11.1. The topological polar surface area (TPSA) is 57.2 Å². The van der Waals surface area contributed by atoms with E-state index >= 15 is 0 Å². The lowest BCUT2D eigenvalue weighted by Gasteiger charge is -2.49. The third-order valence-electron chi connectivity index (χ3n) is 4.91. The summed E-state index contributed by atoms with van der Waals surface area (Å²) in [7, 11) is 1.65. The van der Waals surface area contributed by atoms with Crippen molar-refractivity contribution in [1.82, 2.24) is 0 Å². The second kappa shape index (κ2) is 4.42. The van der Waals surface area contributed by atoms with Crippen molar-refractivity contribution in [2.75, 3.05) is 13.7 Å². The highest BCUT2D eigenvalue weighted by molar-refractivity contribution is 5.01. The Kier molecular flexibility index (Phi) is 3.15. The van der Waals surface area contributed by atoms with Crippen LogP contribution in [0.3, 0.4) is 0 Å². The van der Waals surface area contributed by atoms with Gasteiger partial charge in [0.05, 0.1) is 6.61 Å². The van der Waals surface area contributed by atoms with E-state index < -0.39 is 17.7 Å². The SMILES string of the molecule is CO[C@H]1O[C@]2(C)OO[C@]13CCCC[C@@H]3C[C@H]2CO. The van der Waals surface area contributed by atoms with Gasteiger partial charge < -0.3 is 14.6 Å². The van der Waals surface area contributed by atoms with Gasteiger partial charge in [-0.15, -0.1) is 0 Å². The summed E-state index contributed by atoms with van der Waals surface area (Å²) in [6.07, 6.45) is 4.74. The van der Waals surface area contributed by atoms with E-state index in [0.717, 1.165) is 25.7 Å². The van der Waals surface area contributed by atoms with Crippen molar-refractivity contribution < 1.29 is 24.4 Å². The number of hydrogen-bond donors (Lipinski definition) is 1. The standard InChI is InChI=1S/C13H22O5/c1-12-10(8-14)7-9-5-3-4-6-13(9,18-17-12)11(15-2)16-12/h9-11,14H,3-8H2,1-2H3/t9-,10+,11+,12-,13+/m1/s1. The average molecular weight is 258 g/mol. The maximum atomic E-state index is 9.59. The van der Waals surface area contributed by atoms with Gasteiger partial charge in [0.25, 0.3) is 0 Å². The van der Waals surface area contributed by atoms with E-state index in [9.17, 15) is 5.11 Å². The molecule has 0 radical (unpaired) electrons. The lowest BCUT2D eigenvalue weighted by molar-refractivity contribution is -0.554. The number of methoxy groups -OCH3 is 1. The Balaban J connectivity index is 1.99. The molecule has 0 unspecified atom stereocenters. The fourth-order valence-electron chi connectivity index (χ4n) is 3.72. The maximum absolute atomic E-state index is 9.59. The highest BCUT2D eigenvalue weighted by atomic mass is 17.3. The first kappa shape index (κ1) is 12.8. The molecule has 1 spiro atoms. The van der Waals surface area contributed by atoms with E-state index in [1.165, 1.54) is 6.42 Å². The van der Waals surface area contributed by atoms with E-state index in [0.29, 0.717) is 5.92 Å². The van der Waals surface area contributed by atoms with Crippen molar-refractivity contribution in [1.29, 1.82) is 0 Å². The van der Waals surface area contributed by atoms with Crippen molar-refractivity contribution in [3.63, 3.8) is 0 Å². The lowest BCUT2D eigenvalue weighted by Crippen LogP contribution is -2.60. The van der Waals surface area contributed by atoms with Crippen LogP contribution in [0.5, 0.6) is 0 Å². The molecule has 2 bridgehead atoms. The van der Waals surface area contributed by atoms with E-state index in [1.54, 1.807) is 7.11 Å². The van der Waals surface area contributed by atoms with Gasteiger partial charge in [0.1, 0.15) is 0 Å². The molecular weight excluding hydrogens is 236 g/mol. The molecule has 0 aromatic carbocycles. The van der Waals surface area contributed by atoms with E-state index in [2.05, 4.69) is 0 Å². The highest BCUT2D eigenvalue weighted by Gasteiger charge is 2.62. The summed E-state index contributed by atoms with van der Waals surface area (Å²) in [5, 5.41) is 9.59. The van der Waals surface area contributed by atoms with Crippen LogP contribution in [0.4, 0.5) is 0 Å². The molecule has 4 aliphatic rings. The average Bonchev–Trinajstić information content (AvgIpc) is 2.59. The van der Waals surface area contributed by atoms with Gasteiger partial charge in [-0.3, -0.25) is 0 Å². The molecule has 1 saturated carbocycles. The van der Waals surface area contributed by atoms with Crippen molar-refractivity contribution in [2.24, 2.45) is 11.8 Å². The summed E-state index contributed by atoms with van der Waals surface area (Å²) in [5.41, 5.74) is -0.490. The van der Waals surface area contributed by atoms with Crippen LogP contribution in [0, 0.1) is 11.8 Å². The molecule has 1 N–H and O–H groups in total. The van der Waals surface area contributed by atoms with Gasteiger partial charge in [0, 0.05) is 13.0 Å². The fraction of sp³-hybridized carbons (Fsp3) is 1.00. The Bertz CT molecular complexity index is 323. The van der Waals surface area contributed by atoms with Crippen LogP contribution in [0.25, 0.3) is 0 Å². The van der Waals surface area contributed by atoms with Gasteiger partial charge in [-0.25, -0.2) is 9.78 Å². The minimum Gasteiger partial charge on any atom is -0.396 e. The molecular formula is C13H22O5. The Morgan fingerprint density at radius 2 is 2.17 bits per heavy atom. The second-order valence-corrected chi connectivity index (χ2v) is 5.88. The maximum Gasteiger partial charge on any atom is 0.206 e. The van der Waals surface area contributed by atoms with Crippen LogP contribution in [-0.2, 0) is 19.2 Å². The first-order valence-electron chi connectivity index (χ1n) is 6.83. The molecule has 3 saturated heterocycles. The molecule has 5 atom stereocenters. The van der Waals surface area contributed by atoms with Gasteiger partial charge in [0.15, 0.2) is 11.9 Å². The summed E-state index contributed by atoms with van der Waals surface area (Å²) in [4.78, 5) is 11.3. The zero-order valence-electron chi connectivity index (χ0n) is 11.1. The number of rotatable bonds is 2. The quantitative estimate of drug-likeness (QED) is 0.762. The van der Waals surface area contributed by atoms with E-state index in [4.69, 9.17) is 19.2 Å². The van der Waals surface area contributed by atoms with Crippen LogP contribution < -0.4 is 0 Å². The molecule has 104 valence electrons. The molecule has 0 aromatic heterocycles. The van der Waals surface area contributed by atoms with Gasteiger partial charge in [-0.05, 0) is 32.1 Å². The van der Waals surface area contributed by atoms with Crippen LogP contribution in [0.15, 0.2) is 0 Å². The summed E-state index contributed by atoms with van der Waals surface area (Å²) < 4.78 is 11.5. The zero-order chi connectivity index (χ0) is 12.8. The number of fused-ring (bicyclic) bond motifs is 3. The summed E-state index contributed by atoms with van der Waals surface area (Å²) in [6, 6.07) is 0. The molecule has 0 amide bonds. The Hall–Kier alpha value is -0.200. The summed E-state index contributed by atoms with van der Waals surface area (Å²) in [5.74, 6) is -0.641. The predicted molar refractivity (Wildman–Crippen MR) is 62.3 cm³/mol. The van der Waals surface area contributed by atoms with Gasteiger partial charge in [0.2, 0.25) is 5.79 Å². The monoisotopic (exact) mass is 258 g/mol. The Morgan fingerprint density at radius 3 is 2.89 bits per heavy atom. The largest absolute Gasteiger partial charge is 0.396 e. The molecule has 5 heteroatoms. The van der Waals surface area contributed by atoms with Gasteiger partial charge >= 0.3 is 0 Å². The molecule has 5 nitrogen and oxygen atoms in total. The van der Waals surface area contributed by atoms with Crippen LogP contribution in [0.2, 0.25) is 0 Å².